The normalized spacial score (nSPS) is 10.3. The van der Waals surface area contributed by atoms with E-state index >= 15 is 0 Å². The fourth-order valence-electron chi connectivity index (χ4n) is 1.80. The van der Waals surface area contributed by atoms with Crippen LogP contribution in [0.1, 0.15) is 21.5 Å². The molecule has 2 aromatic rings. The van der Waals surface area contributed by atoms with E-state index in [0.29, 0.717) is 11.4 Å². The van der Waals surface area contributed by atoms with Crippen molar-refractivity contribution in [2.45, 2.75) is 13.3 Å². The lowest BCUT2D eigenvalue weighted by molar-refractivity contribution is -0.118. The molecule has 1 N–H and O–H groups in total. The monoisotopic (exact) mass is 429 g/mol. The number of carbonyl (C=O) groups excluding carboxylic acids is 2. The zero-order valence-corrected chi connectivity index (χ0v) is 15.1. The Kier molecular flexibility index (Phi) is 6.38. The van der Waals surface area contributed by atoms with Crippen molar-refractivity contribution >= 4 is 45.6 Å². The Morgan fingerprint density at radius 2 is 2.00 bits per heavy atom. The predicted molar refractivity (Wildman–Crippen MR) is 95.7 cm³/mol. The van der Waals surface area contributed by atoms with E-state index in [1.807, 2.05) is 36.4 Å². The zero-order chi connectivity index (χ0) is 15.9. The van der Waals surface area contributed by atoms with Gasteiger partial charge in [-0.1, -0.05) is 12.1 Å². The van der Waals surface area contributed by atoms with Crippen LogP contribution in [0.5, 0.6) is 5.75 Å². The number of para-hydroxylation sites is 1. The SMILES string of the molecule is CC(=O)NCCc1ccc(C(=O)COc2ccccc2I)s1. The van der Waals surface area contributed by atoms with Gasteiger partial charge in [-0.15, -0.1) is 11.3 Å². The average molecular weight is 429 g/mol. The molecular formula is C16H16INO3S. The summed E-state index contributed by atoms with van der Waals surface area (Å²) in [6, 6.07) is 11.3. The Labute approximate surface area is 147 Å². The lowest BCUT2D eigenvalue weighted by atomic mass is 10.3. The highest BCUT2D eigenvalue weighted by Gasteiger charge is 2.11. The Morgan fingerprint density at radius 1 is 1.23 bits per heavy atom. The molecule has 116 valence electrons. The number of ketones is 1. The molecule has 22 heavy (non-hydrogen) atoms. The summed E-state index contributed by atoms with van der Waals surface area (Å²) in [5, 5.41) is 2.74. The maximum absolute atomic E-state index is 12.1. The largest absolute Gasteiger partial charge is 0.484 e. The minimum atomic E-state index is -0.0429. The number of benzene rings is 1. The first-order valence-electron chi connectivity index (χ1n) is 6.80. The second-order valence-electron chi connectivity index (χ2n) is 4.64. The van der Waals surface area contributed by atoms with Crippen molar-refractivity contribution in [3.63, 3.8) is 0 Å². The van der Waals surface area contributed by atoms with Crippen LogP contribution in [0.3, 0.4) is 0 Å². The van der Waals surface area contributed by atoms with Crippen LogP contribution in [-0.4, -0.2) is 24.8 Å². The number of hydrogen-bond donors (Lipinski definition) is 1. The van der Waals surface area contributed by atoms with E-state index in [1.54, 1.807) is 0 Å². The first kappa shape index (κ1) is 17.0. The third-order valence-corrected chi connectivity index (χ3v) is 4.95. The maximum atomic E-state index is 12.1. The van der Waals surface area contributed by atoms with Gasteiger partial charge in [0.05, 0.1) is 8.45 Å². The Morgan fingerprint density at radius 3 is 2.73 bits per heavy atom. The van der Waals surface area contributed by atoms with E-state index in [4.69, 9.17) is 4.74 Å². The van der Waals surface area contributed by atoms with Crippen LogP contribution in [0, 0.1) is 3.57 Å². The molecule has 1 aromatic carbocycles. The van der Waals surface area contributed by atoms with Gasteiger partial charge in [0, 0.05) is 18.3 Å². The van der Waals surface area contributed by atoms with Crippen molar-refractivity contribution in [3.8, 4) is 5.75 Å². The molecular weight excluding hydrogens is 413 g/mol. The molecule has 0 spiro atoms. The standard InChI is InChI=1S/C16H16INO3S/c1-11(19)18-9-8-12-6-7-16(22-12)14(20)10-21-15-5-3-2-4-13(15)17/h2-7H,8-10H2,1H3,(H,18,19). The number of rotatable bonds is 7. The number of thiophene rings is 1. The van der Waals surface area contributed by atoms with Gasteiger partial charge in [-0.2, -0.15) is 0 Å². The second-order valence-corrected chi connectivity index (χ2v) is 6.97. The van der Waals surface area contributed by atoms with Crippen molar-refractivity contribution < 1.29 is 14.3 Å². The minimum absolute atomic E-state index is 0.0320. The summed E-state index contributed by atoms with van der Waals surface area (Å²) in [6.07, 6.45) is 0.731. The number of nitrogens with one attached hydrogen (secondary N) is 1. The first-order valence-corrected chi connectivity index (χ1v) is 8.69. The van der Waals surface area contributed by atoms with Crippen molar-refractivity contribution in [2.24, 2.45) is 0 Å². The van der Waals surface area contributed by atoms with Crippen LogP contribution >= 0.6 is 33.9 Å². The van der Waals surface area contributed by atoms with Gasteiger partial charge in [-0.3, -0.25) is 9.59 Å². The lowest BCUT2D eigenvalue weighted by Gasteiger charge is -2.06. The van der Waals surface area contributed by atoms with E-state index in [0.717, 1.165) is 20.6 Å². The Bertz CT molecular complexity index is 669. The molecule has 2 rings (SSSR count). The quantitative estimate of drug-likeness (QED) is 0.543. The summed E-state index contributed by atoms with van der Waals surface area (Å²) in [4.78, 5) is 24.7. The van der Waals surface area contributed by atoms with Gasteiger partial charge in [0.25, 0.3) is 0 Å². The molecule has 0 aliphatic carbocycles. The number of Topliss-reactive ketones (excluding diaryl/α,β-unsaturated/α-hetero) is 1. The highest BCUT2D eigenvalue weighted by Crippen LogP contribution is 2.21. The lowest BCUT2D eigenvalue weighted by Crippen LogP contribution is -2.22. The van der Waals surface area contributed by atoms with Crippen LogP contribution in [0.4, 0.5) is 0 Å². The molecule has 1 heterocycles. The summed E-state index contributed by atoms with van der Waals surface area (Å²) in [5.41, 5.74) is 0. The molecule has 0 radical (unpaired) electrons. The average Bonchev–Trinajstić information content (AvgIpc) is 2.94. The molecule has 0 saturated heterocycles. The van der Waals surface area contributed by atoms with E-state index in [1.165, 1.54) is 18.3 Å². The third-order valence-electron chi connectivity index (χ3n) is 2.88. The molecule has 0 aliphatic rings. The van der Waals surface area contributed by atoms with Crippen LogP contribution in [0.15, 0.2) is 36.4 Å². The number of carbonyl (C=O) groups is 2. The third kappa shape index (κ3) is 5.10. The predicted octanol–water partition coefficient (Wildman–Crippen LogP) is 3.29. The van der Waals surface area contributed by atoms with E-state index < -0.39 is 0 Å². The molecule has 0 bridgehead atoms. The summed E-state index contributed by atoms with van der Waals surface area (Å²) < 4.78 is 6.55. The van der Waals surface area contributed by atoms with E-state index in [-0.39, 0.29) is 18.3 Å². The molecule has 0 aliphatic heterocycles. The van der Waals surface area contributed by atoms with Crippen molar-refractivity contribution in [1.82, 2.24) is 5.32 Å². The molecule has 0 unspecified atom stereocenters. The van der Waals surface area contributed by atoms with Crippen molar-refractivity contribution in [2.75, 3.05) is 13.2 Å². The Hall–Kier alpha value is -1.41. The van der Waals surface area contributed by atoms with Gasteiger partial charge in [0.2, 0.25) is 11.7 Å². The summed E-state index contributed by atoms with van der Waals surface area (Å²) in [7, 11) is 0. The summed E-state index contributed by atoms with van der Waals surface area (Å²) in [6.45, 7) is 2.11. The number of amides is 1. The highest BCUT2D eigenvalue weighted by molar-refractivity contribution is 14.1. The van der Waals surface area contributed by atoms with E-state index in [9.17, 15) is 9.59 Å². The maximum Gasteiger partial charge on any atom is 0.216 e. The number of ether oxygens (including phenoxy) is 1. The Balaban J connectivity index is 1.86. The number of hydrogen-bond acceptors (Lipinski definition) is 4. The van der Waals surface area contributed by atoms with Gasteiger partial charge in [-0.05, 0) is 53.3 Å². The molecule has 4 nitrogen and oxygen atoms in total. The molecule has 0 fully saturated rings. The van der Waals surface area contributed by atoms with Gasteiger partial charge in [-0.25, -0.2) is 0 Å². The van der Waals surface area contributed by atoms with E-state index in [2.05, 4.69) is 27.9 Å². The van der Waals surface area contributed by atoms with Gasteiger partial charge in [0.1, 0.15) is 5.75 Å². The van der Waals surface area contributed by atoms with Crippen LogP contribution in [0.25, 0.3) is 0 Å². The zero-order valence-electron chi connectivity index (χ0n) is 12.1. The molecule has 1 amide bonds. The fourth-order valence-corrected chi connectivity index (χ4v) is 3.27. The first-order chi connectivity index (χ1) is 10.6. The molecule has 6 heteroatoms. The van der Waals surface area contributed by atoms with Gasteiger partial charge < -0.3 is 10.1 Å². The van der Waals surface area contributed by atoms with Crippen LogP contribution < -0.4 is 10.1 Å². The van der Waals surface area contributed by atoms with Gasteiger partial charge in [0.15, 0.2) is 6.61 Å². The molecule has 0 atom stereocenters. The summed E-state index contributed by atoms with van der Waals surface area (Å²) >= 11 is 3.63. The van der Waals surface area contributed by atoms with Crippen LogP contribution in [0.2, 0.25) is 0 Å². The summed E-state index contributed by atoms with van der Waals surface area (Å²) in [5.74, 6) is 0.646. The topological polar surface area (TPSA) is 55.4 Å². The number of halogens is 1. The fraction of sp³-hybridized carbons (Fsp3) is 0.250. The molecule has 0 saturated carbocycles. The smallest absolute Gasteiger partial charge is 0.216 e. The molecule has 1 aromatic heterocycles. The van der Waals surface area contributed by atoms with Crippen molar-refractivity contribution in [1.29, 1.82) is 0 Å². The van der Waals surface area contributed by atoms with Gasteiger partial charge >= 0.3 is 0 Å². The minimum Gasteiger partial charge on any atom is -0.484 e. The second kappa shape index (κ2) is 8.28. The van der Waals surface area contributed by atoms with Crippen LogP contribution in [-0.2, 0) is 11.2 Å². The highest BCUT2D eigenvalue weighted by atomic mass is 127. The van der Waals surface area contributed by atoms with Crippen molar-refractivity contribution in [3.05, 3.63) is 49.7 Å².